The number of carbonyl (C=O) groups is 1. The van der Waals surface area contributed by atoms with Crippen LogP contribution in [-0.2, 0) is 28.5 Å². The zero-order chi connectivity index (χ0) is 15.8. The van der Waals surface area contributed by atoms with E-state index < -0.39 is 42.3 Å². The number of hydrogen-bond acceptors (Lipinski definition) is 6. The highest BCUT2D eigenvalue weighted by molar-refractivity contribution is 5.72. The largest absolute Gasteiger partial charge is 0.459 e. The third-order valence-electron chi connectivity index (χ3n) is 3.19. The standard InChI is InChI=1S/C13H20F2O6/c1-12(2)18-6-8(19-12)9-7(20-13(3,4)21-9)5-17-11(16)10(14)15/h7-10H,5-6H2,1-4H3/t7-,8+,9+/m0/s1. The van der Waals surface area contributed by atoms with Gasteiger partial charge in [0.1, 0.15) is 24.9 Å². The van der Waals surface area contributed by atoms with Crippen molar-refractivity contribution in [3.63, 3.8) is 0 Å². The van der Waals surface area contributed by atoms with E-state index in [2.05, 4.69) is 4.74 Å². The molecule has 2 fully saturated rings. The second-order valence-electron chi connectivity index (χ2n) is 5.94. The van der Waals surface area contributed by atoms with Gasteiger partial charge in [0.05, 0.1) is 6.61 Å². The zero-order valence-corrected chi connectivity index (χ0v) is 12.4. The van der Waals surface area contributed by atoms with Gasteiger partial charge in [-0.1, -0.05) is 0 Å². The molecule has 0 saturated carbocycles. The van der Waals surface area contributed by atoms with Gasteiger partial charge in [-0.05, 0) is 27.7 Å². The van der Waals surface area contributed by atoms with Crippen LogP contribution in [-0.4, -0.2) is 55.5 Å². The minimum Gasteiger partial charge on any atom is -0.459 e. The molecule has 0 amide bonds. The molecule has 2 rings (SSSR count). The summed E-state index contributed by atoms with van der Waals surface area (Å²) < 4.78 is 51.3. The summed E-state index contributed by atoms with van der Waals surface area (Å²) in [7, 11) is 0. The number of rotatable bonds is 4. The maximum Gasteiger partial charge on any atom is 0.373 e. The van der Waals surface area contributed by atoms with Crippen molar-refractivity contribution in [2.24, 2.45) is 0 Å². The van der Waals surface area contributed by atoms with Crippen molar-refractivity contribution < 1.29 is 37.3 Å². The quantitative estimate of drug-likeness (QED) is 0.733. The molecule has 0 aromatic carbocycles. The van der Waals surface area contributed by atoms with E-state index in [4.69, 9.17) is 18.9 Å². The molecule has 0 N–H and O–H groups in total. The molecule has 2 saturated heterocycles. The topological polar surface area (TPSA) is 63.2 Å². The third-order valence-corrected chi connectivity index (χ3v) is 3.19. The summed E-state index contributed by atoms with van der Waals surface area (Å²) in [5.74, 6) is -3.24. The van der Waals surface area contributed by atoms with Crippen LogP contribution in [0.2, 0.25) is 0 Å². The average Bonchev–Trinajstić information content (AvgIpc) is 2.85. The van der Waals surface area contributed by atoms with Crippen LogP contribution in [0.15, 0.2) is 0 Å². The van der Waals surface area contributed by atoms with Gasteiger partial charge in [-0.25, -0.2) is 4.79 Å². The summed E-state index contributed by atoms with van der Waals surface area (Å²) in [5.41, 5.74) is 0. The molecule has 21 heavy (non-hydrogen) atoms. The molecular formula is C13H20F2O6. The highest BCUT2D eigenvalue weighted by Crippen LogP contribution is 2.35. The highest BCUT2D eigenvalue weighted by atomic mass is 19.3. The molecule has 0 aliphatic carbocycles. The smallest absolute Gasteiger partial charge is 0.373 e. The van der Waals surface area contributed by atoms with Crippen molar-refractivity contribution in [1.29, 1.82) is 0 Å². The van der Waals surface area contributed by atoms with Crippen molar-refractivity contribution >= 4 is 5.97 Å². The Morgan fingerprint density at radius 1 is 1.19 bits per heavy atom. The van der Waals surface area contributed by atoms with E-state index in [0.29, 0.717) is 0 Å². The number of alkyl halides is 2. The predicted octanol–water partition coefficient (Wildman–Crippen LogP) is 1.47. The molecule has 122 valence electrons. The molecule has 8 heteroatoms. The van der Waals surface area contributed by atoms with E-state index in [0.717, 1.165) is 0 Å². The zero-order valence-electron chi connectivity index (χ0n) is 12.4. The van der Waals surface area contributed by atoms with Gasteiger partial charge in [-0.15, -0.1) is 0 Å². The van der Waals surface area contributed by atoms with E-state index in [1.54, 1.807) is 27.7 Å². The maximum atomic E-state index is 12.2. The van der Waals surface area contributed by atoms with Crippen LogP contribution in [0.1, 0.15) is 27.7 Å². The predicted molar refractivity (Wildman–Crippen MR) is 65.7 cm³/mol. The van der Waals surface area contributed by atoms with Crippen molar-refractivity contribution in [3.05, 3.63) is 0 Å². The molecular weight excluding hydrogens is 290 g/mol. The molecule has 3 atom stereocenters. The molecule has 0 unspecified atom stereocenters. The van der Waals surface area contributed by atoms with Gasteiger partial charge >= 0.3 is 12.4 Å². The lowest BCUT2D eigenvalue weighted by molar-refractivity contribution is -0.175. The molecule has 2 aliphatic heterocycles. The first-order valence-corrected chi connectivity index (χ1v) is 6.72. The summed E-state index contributed by atoms with van der Waals surface area (Å²) in [6, 6.07) is 0. The Morgan fingerprint density at radius 3 is 2.38 bits per heavy atom. The molecule has 0 aromatic rings. The van der Waals surface area contributed by atoms with Gasteiger partial charge in [0.25, 0.3) is 0 Å². The third kappa shape index (κ3) is 4.09. The molecule has 2 heterocycles. The van der Waals surface area contributed by atoms with Crippen molar-refractivity contribution in [3.8, 4) is 0 Å². The Kier molecular flexibility index (Phi) is 4.53. The fraction of sp³-hybridized carbons (Fsp3) is 0.923. The number of esters is 1. The lowest BCUT2D eigenvalue weighted by atomic mass is 10.1. The molecule has 0 spiro atoms. The average molecular weight is 310 g/mol. The van der Waals surface area contributed by atoms with Crippen LogP contribution >= 0.6 is 0 Å². The Balaban J connectivity index is 1.99. The summed E-state index contributed by atoms with van der Waals surface area (Å²) >= 11 is 0. The van der Waals surface area contributed by atoms with E-state index in [1.807, 2.05) is 0 Å². The fourth-order valence-corrected chi connectivity index (χ4v) is 2.41. The van der Waals surface area contributed by atoms with Gasteiger partial charge in [0, 0.05) is 0 Å². The van der Waals surface area contributed by atoms with Crippen molar-refractivity contribution in [1.82, 2.24) is 0 Å². The minimum atomic E-state index is -3.16. The second-order valence-corrected chi connectivity index (χ2v) is 5.94. The monoisotopic (exact) mass is 310 g/mol. The first-order valence-electron chi connectivity index (χ1n) is 6.72. The lowest BCUT2D eigenvalue weighted by Gasteiger charge is -2.23. The molecule has 0 bridgehead atoms. The van der Waals surface area contributed by atoms with Gasteiger partial charge in [-0.2, -0.15) is 8.78 Å². The Hall–Kier alpha value is -0.830. The van der Waals surface area contributed by atoms with E-state index in [-0.39, 0.29) is 13.2 Å². The maximum absolute atomic E-state index is 12.2. The first kappa shape index (κ1) is 16.5. The number of ether oxygens (including phenoxy) is 5. The summed E-state index contributed by atoms with van der Waals surface area (Å²) in [6.07, 6.45) is -4.83. The summed E-state index contributed by atoms with van der Waals surface area (Å²) in [5, 5.41) is 0. The first-order chi connectivity index (χ1) is 9.60. The molecule has 0 aromatic heterocycles. The minimum absolute atomic E-state index is 0.288. The summed E-state index contributed by atoms with van der Waals surface area (Å²) in [6.45, 7) is 6.87. The van der Waals surface area contributed by atoms with Crippen LogP contribution in [0.25, 0.3) is 0 Å². The Bertz CT molecular complexity index is 398. The van der Waals surface area contributed by atoms with Gasteiger partial charge in [0.15, 0.2) is 11.6 Å². The fourth-order valence-electron chi connectivity index (χ4n) is 2.41. The van der Waals surface area contributed by atoms with E-state index in [9.17, 15) is 13.6 Å². The van der Waals surface area contributed by atoms with Gasteiger partial charge in [0.2, 0.25) is 0 Å². The normalized spacial score (nSPS) is 34.3. The van der Waals surface area contributed by atoms with E-state index >= 15 is 0 Å². The van der Waals surface area contributed by atoms with Gasteiger partial charge < -0.3 is 23.7 Å². The summed E-state index contributed by atoms with van der Waals surface area (Å²) in [4.78, 5) is 10.9. The van der Waals surface area contributed by atoms with Crippen molar-refractivity contribution in [2.45, 2.75) is 64.0 Å². The Morgan fingerprint density at radius 2 is 1.86 bits per heavy atom. The van der Waals surface area contributed by atoms with Crippen LogP contribution < -0.4 is 0 Å². The highest BCUT2D eigenvalue weighted by Gasteiger charge is 2.50. The van der Waals surface area contributed by atoms with E-state index in [1.165, 1.54) is 0 Å². The molecule has 6 nitrogen and oxygen atoms in total. The van der Waals surface area contributed by atoms with Crippen LogP contribution in [0.3, 0.4) is 0 Å². The number of halogens is 2. The molecule has 0 radical (unpaired) electrons. The van der Waals surface area contributed by atoms with Gasteiger partial charge in [-0.3, -0.25) is 0 Å². The van der Waals surface area contributed by atoms with Crippen molar-refractivity contribution in [2.75, 3.05) is 13.2 Å². The second kappa shape index (κ2) is 5.75. The Labute approximate surface area is 121 Å². The number of hydrogen-bond donors (Lipinski definition) is 0. The lowest BCUT2D eigenvalue weighted by Crippen LogP contribution is -2.41. The van der Waals surface area contributed by atoms with Crippen LogP contribution in [0.5, 0.6) is 0 Å². The van der Waals surface area contributed by atoms with Crippen LogP contribution in [0, 0.1) is 0 Å². The molecule has 2 aliphatic rings. The number of carbonyl (C=O) groups excluding carboxylic acids is 1. The SMILES string of the molecule is CC1(C)O[C@@H]([C@H]2COC(C)(C)O2)[C@H](COC(=O)C(F)F)O1. The van der Waals surface area contributed by atoms with Crippen LogP contribution in [0.4, 0.5) is 8.78 Å².